The molecule has 1 unspecified atom stereocenters. The second-order valence-electron chi connectivity index (χ2n) is 11.6. The number of hydrogen-bond donors (Lipinski definition) is 1. The number of carbonyl (C=O) groups is 2. The van der Waals surface area contributed by atoms with E-state index in [1.165, 1.54) is 17.0 Å². The van der Waals surface area contributed by atoms with E-state index in [0.29, 0.717) is 26.9 Å². The van der Waals surface area contributed by atoms with Crippen LogP contribution in [0.4, 0.5) is 5.69 Å². The molecule has 1 N–H and O–H groups in total. The van der Waals surface area contributed by atoms with Gasteiger partial charge in [0.2, 0.25) is 11.8 Å². The summed E-state index contributed by atoms with van der Waals surface area (Å²) in [6.45, 7) is 8.57. The van der Waals surface area contributed by atoms with E-state index in [4.69, 9.17) is 23.2 Å². The van der Waals surface area contributed by atoms with Crippen molar-refractivity contribution in [2.45, 2.75) is 64.6 Å². The second-order valence-corrected chi connectivity index (χ2v) is 14.3. The predicted octanol–water partition coefficient (Wildman–Crippen LogP) is 7.28. The average molecular weight is 681 g/mol. The second kappa shape index (κ2) is 15.2. The van der Waals surface area contributed by atoms with Gasteiger partial charge in [-0.3, -0.25) is 13.9 Å². The summed E-state index contributed by atoms with van der Waals surface area (Å²) in [5, 5.41) is 3.60. The van der Waals surface area contributed by atoms with Crippen molar-refractivity contribution in [3.8, 4) is 0 Å². The lowest BCUT2D eigenvalue weighted by atomic mass is 10.0. The lowest BCUT2D eigenvalue weighted by Gasteiger charge is -2.35. The molecule has 0 heterocycles. The topological polar surface area (TPSA) is 86.8 Å². The van der Waals surface area contributed by atoms with E-state index >= 15 is 0 Å². The van der Waals surface area contributed by atoms with Gasteiger partial charge in [-0.2, -0.15) is 0 Å². The van der Waals surface area contributed by atoms with Crippen LogP contribution in [-0.2, 0) is 32.6 Å². The summed E-state index contributed by atoms with van der Waals surface area (Å²) < 4.78 is 29.7. The van der Waals surface area contributed by atoms with E-state index < -0.39 is 28.5 Å². The molecule has 46 heavy (non-hydrogen) atoms. The van der Waals surface area contributed by atoms with Crippen LogP contribution in [0, 0.1) is 20.8 Å². The average Bonchev–Trinajstić information content (AvgIpc) is 3.00. The summed E-state index contributed by atoms with van der Waals surface area (Å²) >= 11 is 13.2. The summed E-state index contributed by atoms with van der Waals surface area (Å²) in [5.41, 5.74) is 4.13. The molecular formula is C36H39Cl2N3O4S. The van der Waals surface area contributed by atoms with Crippen molar-refractivity contribution >= 4 is 50.7 Å². The number of rotatable bonds is 12. The van der Waals surface area contributed by atoms with Crippen molar-refractivity contribution in [3.05, 3.63) is 129 Å². The Kier molecular flexibility index (Phi) is 11.5. The Labute approximate surface area is 282 Å². The zero-order valence-corrected chi connectivity index (χ0v) is 29.0. The molecule has 0 spiro atoms. The molecule has 0 bridgehead atoms. The van der Waals surface area contributed by atoms with Gasteiger partial charge in [-0.25, -0.2) is 8.42 Å². The molecule has 0 aromatic heterocycles. The Balaban J connectivity index is 1.87. The molecule has 1 atom stereocenters. The van der Waals surface area contributed by atoms with Crippen LogP contribution in [-0.4, -0.2) is 43.8 Å². The number of benzene rings is 4. The van der Waals surface area contributed by atoms with Crippen molar-refractivity contribution in [1.29, 1.82) is 0 Å². The maximum Gasteiger partial charge on any atom is 0.264 e. The van der Waals surface area contributed by atoms with E-state index in [1.54, 1.807) is 42.5 Å². The van der Waals surface area contributed by atoms with Gasteiger partial charge in [0.25, 0.3) is 10.0 Å². The van der Waals surface area contributed by atoms with Crippen molar-refractivity contribution in [2.75, 3.05) is 10.8 Å². The van der Waals surface area contributed by atoms with Gasteiger partial charge >= 0.3 is 0 Å². The number of nitrogens with zero attached hydrogens (tertiary/aromatic N) is 2. The number of sulfonamides is 1. The van der Waals surface area contributed by atoms with Gasteiger partial charge in [0.05, 0.1) is 10.6 Å². The molecule has 0 radical (unpaired) electrons. The van der Waals surface area contributed by atoms with Gasteiger partial charge in [0.15, 0.2) is 0 Å². The van der Waals surface area contributed by atoms with Gasteiger partial charge in [-0.1, -0.05) is 89.4 Å². The van der Waals surface area contributed by atoms with Crippen molar-refractivity contribution in [1.82, 2.24) is 10.2 Å². The van der Waals surface area contributed by atoms with Crippen LogP contribution in [0.25, 0.3) is 0 Å². The summed E-state index contributed by atoms with van der Waals surface area (Å²) in [4.78, 5) is 30.0. The first kappa shape index (κ1) is 35.0. The minimum Gasteiger partial charge on any atom is -0.352 e. The minimum atomic E-state index is -4.22. The molecule has 10 heteroatoms. The molecule has 0 aliphatic rings. The van der Waals surface area contributed by atoms with E-state index in [-0.39, 0.29) is 29.8 Å². The molecule has 4 rings (SSSR count). The number of hydrogen-bond acceptors (Lipinski definition) is 4. The predicted molar refractivity (Wildman–Crippen MR) is 186 cm³/mol. The first-order valence-corrected chi connectivity index (χ1v) is 17.2. The third-order valence-electron chi connectivity index (χ3n) is 7.82. The van der Waals surface area contributed by atoms with Crippen molar-refractivity contribution in [2.24, 2.45) is 0 Å². The van der Waals surface area contributed by atoms with Crippen LogP contribution in [0.2, 0.25) is 10.0 Å². The highest BCUT2D eigenvalue weighted by atomic mass is 35.5. The highest BCUT2D eigenvalue weighted by Gasteiger charge is 2.36. The molecule has 0 fully saturated rings. The summed E-state index contributed by atoms with van der Waals surface area (Å²) in [7, 11) is -4.22. The molecular weight excluding hydrogens is 641 g/mol. The molecule has 0 aliphatic heterocycles. The van der Waals surface area contributed by atoms with Crippen LogP contribution >= 0.6 is 23.2 Å². The van der Waals surface area contributed by atoms with Crippen LogP contribution < -0.4 is 9.62 Å². The monoisotopic (exact) mass is 679 g/mol. The molecule has 0 aliphatic carbocycles. The molecule has 4 aromatic carbocycles. The van der Waals surface area contributed by atoms with Crippen LogP contribution in [0.15, 0.2) is 95.9 Å². The Morgan fingerprint density at radius 2 is 1.41 bits per heavy atom. The Morgan fingerprint density at radius 3 is 2.02 bits per heavy atom. The Bertz CT molecular complexity index is 1780. The molecule has 0 saturated carbocycles. The van der Waals surface area contributed by atoms with Gasteiger partial charge in [-0.05, 0) is 81.6 Å². The Morgan fingerprint density at radius 1 is 0.804 bits per heavy atom. The third-order valence-corrected chi connectivity index (χ3v) is 10.3. The maximum atomic E-state index is 14.7. The third kappa shape index (κ3) is 8.29. The van der Waals surface area contributed by atoms with E-state index in [2.05, 4.69) is 5.32 Å². The highest BCUT2D eigenvalue weighted by molar-refractivity contribution is 7.92. The number of amides is 2. The summed E-state index contributed by atoms with van der Waals surface area (Å²) in [5.74, 6) is -0.970. The lowest BCUT2D eigenvalue weighted by molar-refractivity contribution is -0.140. The van der Waals surface area contributed by atoms with E-state index in [9.17, 15) is 18.0 Å². The fourth-order valence-corrected chi connectivity index (χ4v) is 7.13. The fraction of sp³-hybridized carbons (Fsp3) is 0.278. The zero-order chi connectivity index (χ0) is 33.6. The van der Waals surface area contributed by atoms with Crippen LogP contribution in [0.3, 0.4) is 0 Å². The molecule has 242 valence electrons. The minimum absolute atomic E-state index is 0.0471. The number of aryl methyl sites for hydroxylation is 2. The van der Waals surface area contributed by atoms with Crippen molar-refractivity contribution in [3.63, 3.8) is 0 Å². The van der Waals surface area contributed by atoms with E-state index in [1.807, 2.05) is 71.0 Å². The molecule has 4 aromatic rings. The first-order valence-electron chi connectivity index (χ1n) is 15.0. The number of halogens is 2. The van der Waals surface area contributed by atoms with Crippen molar-refractivity contribution < 1.29 is 18.0 Å². The van der Waals surface area contributed by atoms with Gasteiger partial charge in [0.1, 0.15) is 12.6 Å². The van der Waals surface area contributed by atoms with Crippen LogP contribution in [0.1, 0.15) is 41.7 Å². The molecule has 0 saturated heterocycles. The maximum absolute atomic E-state index is 14.7. The standard InChI is InChI=1S/C36H39Cl2N3O4S/c1-24(2)39-36(43)34(21-28-12-7-6-8-13-28)40(22-30-31(37)14-10-15-32(30)38)35(42)23-41(33-16-9-11-26(4)27(33)5)46(44,45)29-19-17-25(3)18-20-29/h6-20,24,34H,21-23H2,1-5H3,(H,39,43). The lowest BCUT2D eigenvalue weighted by Crippen LogP contribution is -2.54. The zero-order valence-electron chi connectivity index (χ0n) is 26.6. The number of nitrogens with one attached hydrogen (secondary N) is 1. The van der Waals surface area contributed by atoms with Gasteiger partial charge in [-0.15, -0.1) is 0 Å². The smallest absolute Gasteiger partial charge is 0.264 e. The number of anilines is 1. The van der Waals surface area contributed by atoms with Crippen LogP contribution in [0.5, 0.6) is 0 Å². The van der Waals surface area contributed by atoms with E-state index in [0.717, 1.165) is 21.0 Å². The highest BCUT2D eigenvalue weighted by Crippen LogP contribution is 2.31. The first-order chi connectivity index (χ1) is 21.8. The molecule has 2 amide bonds. The number of carbonyl (C=O) groups excluding carboxylic acids is 2. The SMILES string of the molecule is Cc1ccc(S(=O)(=O)N(CC(=O)N(Cc2c(Cl)cccc2Cl)C(Cc2ccccc2)C(=O)NC(C)C)c2cccc(C)c2C)cc1. The summed E-state index contributed by atoms with van der Waals surface area (Å²) in [6, 6.07) is 25.0. The Hall–Kier alpha value is -3.85. The quantitative estimate of drug-likeness (QED) is 0.171. The largest absolute Gasteiger partial charge is 0.352 e. The van der Waals surface area contributed by atoms with Gasteiger partial charge < -0.3 is 10.2 Å². The fourth-order valence-electron chi connectivity index (χ4n) is 5.14. The van der Waals surface area contributed by atoms with Gasteiger partial charge in [0, 0.05) is 34.6 Å². The summed E-state index contributed by atoms with van der Waals surface area (Å²) in [6.07, 6.45) is 0.182. The normalized spacial score (nSPS) is 12.1. The molecule has 7 nitrogen and oxygen atoms in total.